The molecule has 0 saturated heterocycles. The summed E-state index contributed by atoms with van der Waals surface area (Å²) in [5.41, 5.74) is 1.05. The van der Waals surface area contributed by atoms with Gasteiger partial charge in [-0.25, -0.2) is 0 Å². The third kappa shape index (κ3) is 1.94. The minimum atomic E-state index is 0.104. The molecule has 1 aliphatic carbocycles. The number of Topliss-reactive ketones (excluding diaryl/α,β-unsaturated/α-hetero) is 1. The van der Waals surface area contributed by atoms with Crippen molar-refractivity contribution in [1.29, 1.82) is 5.41 Å². The van der Waals surface area contributed by atoms with E-state index >= 15 is 0 Å². The van der Waals surface area contributed by atoms with Crippen LogP contribution in [0.25, 0.3) is 0 Å². The quantitative estimate of drug-likeness (QED) is 0.607. The summed E-state index contributed by atoms with van der Waals surface area (Å²) in [6, 6.07) is 0. The van der Waals surface area contributed by atoms with E-state index in [4.69, 9.17) is 5.41 Å². The van der Waals surface area contributed by atoms with Crippen LogP contribution in [0.1, 0.15) is 26.2 Å². The van der Waals surface area contributed by atoms with Crippen molar-refractivity contribution < 1.29 is 4.79 Å². The maximum absolute atomic E-state index is 11.3. The van der Waals surface area contributed by atoms with Crippen LogP contribution in [0.3, 0.4) is 0 Å². The first-order chi connectivity index (χ1) is 5.75. The highest BCUT2D eigenvalue weighted by Crippen LogP contribution is 2.15. The largest absolute Gasteiger partial charge is 0.391 e. The van der Waals surface area contributed by atoms with Crippen LogP contribution in [0, 0.1) is 5.41 Å². The Morgan fingerprint density at radius 2 is 2.33 bits per heavy atom. The molecule has 1 aliphatic rings. The molecule has 66 valence electrons. The summed E-state index contributed by atoms with van der Waals surface area (Å²) >= 11 is 0. The van der Waals surface area contributed by atoms with Gasteiger partial charge in [-0.2, -0.15) is 0 Å². The van der Waals surface area contributed by atoms with E-state index in [9.17, 15) is 4.79 Å². The molecule has 0 aromatic heterocycles. The summed E-state index contributed by atoms with van der Waals surface area (Å²) in [5.74, 6) is 0.104. The van der Waals surface area contributed by atoms with E-state index in [1.807, 2.05) is 6.92 Å². The maximum Gasteiger partial charge on any atom is 0.166 e. The van der Waals surface area contributed by atoms with Crippen molar-refractivity contribution in [3.63, 3.8) is 0 Å². The second-order valence-corrected chi connectivity index (χ2v) is 2.87. The lowest BCUT2D eigenvalue weighted by molar-refractivity contribution is -0.115. The highest BCUT2D eigenvalue weighted by molar-refractivity contribution is 6.22. The Hall–Kier alpha value is -1.12. The zero-order valence-electron chi connectivity index (χ0n) is 7.31. The second-order valence-electron chi connectivity index (χ2n) is 2.87. The monoisotopic (exact) mass is 166 g/mol. The average molecular weight is 166 g/mol. The Balaban J connectivity index is 2.69. The van der Waals surface area contributed by atoms with Crippen molar-refractivity contribution in [2.45, 2.75) is 26.2 Å². The number of hydrogen-bond acceptors (Lipinski definition) is 3. The molecule has 12 heavy (non-hydrogen) atoms. The number of carbonyl (C=O) groups is 1. The molecule has 3 heteroatoms. The van der Waals surface area contributed by atoms with E-state index in [0.717, 1.165) is 19.4 Å². The summed E-state index contributed by atoms with van der Waals surface area (Å²) < 4.78 is 0. The molecule has 0 amide bonds. The van der Waals surface area contributed by atoms with Crippen LogP contribution in [0.4, 0.5) is 0 Å². The van der Waals surface area contributed by atoms with Crippen molar-refractivity contribution in [3.05, 3.63) is 11.8 Å². The maximum atomic E-state index is 11.3. The normalized spacial score (nSPS) is 21.6. The zero-order valence-corrected chi connectivity index (χ0v) is 7.31. The van der Waals surface area contributed by atoms with Crippen LogP contribution in [0.2, 0.25) is 0 Å². The number of hydrogen-bond donors (Lipinski definition) is 2. The lowest BCUT2D eigenvalue weighted by atomic mass is 9.92. The Bertz CT molecular complexity index is 213. The first-order valence-electron chi connectivity index (χ1n) is 4.30. The molecule has 0 unspecified atom stereocenters. The van der Waals surface area contributed by atoms with Gasteiger partial charge < -0.3 is 10.7 Å². The molecule has 3 nitrogen and oxygen atoms in total. The smallest absolute Gasteiger partial charge is 0.166 e. The van der Waals surface area contributed by atoms with Crippen LogP contribution in [-0.4, -0.2) is 18.0 Å². The predicted molar refractivity (Wildman–Crippen MR) is 48.3 cm³/mol. The second kappa shape index (κ2) is 4.04. The molecular formula is C9H14N2O. The highest BCUT2D eigenvalue weighted by atomic mass is 16.1. The molecule has 0 aliphatic heterocycles. The SMILES string of the molecule is CCN/C=C1\C(=N)CCCC1=O. The Morgan fingerprint density at radius 1 is 1.58 bits per heavy atom. The summed E-state index contributed by atoms with van der Waals surface area (Å²) in [6.45, 7) is 2.76. The van der Waals surface area contributed by atoms with Crippen LogP contribution in [-0.2, 0) is 4.79 Å². The zero-order chi connectivity index (χ0) is 8.97. The van der Waals surface area contributed by atoms with Gasteiger partial charge >= 0.3 is 0 Å². The topological polar surface area (TPSA) is 53.0 Å². The lowest BCUT2D eigenvalue weighted by Crippen LogP contribution is -2.20. The summed E-state index contributed by atoms with van der Waals surface area (Å²) in [6.07, 6.45) is 3.84. The Kier molecular flexibility index (Phi) is 3.02. The van der Waals surface area contributed by atoms with E-state index in [-0.39, 0.29) is 5.78 Å². The van der Waals surface area contributed by atoms with E-state index in [1.54, 1.807) is 6.20 Å². The molecule has 0 spiro atoms. The molecule has 1 saturated carbocycles. The predicted octanol–water partition coefficient (Wildman–Crippen LogP) is 1.25. The number of ketones is 1. The number of carbonyl (C=O) groups excluding carboxylic acids is 1. The van der Waals surface area contributed by atoms with Gasteiger partial charge in [-0.1, -0.05) is 0 Å². The minimum Gasteiger partial charge on any atom is -0.391 e. The van der Waals surface area contributed by atoms with Gasteiger partial charge in [0, 0.05) is 24.9 Å². The standard InChI is InChI=1S/C9H14N2O/c1-2-11-6-7-8(10)4-3-5-9(7)12/h6,10-11H,2-5H2,1H3/b7-6+,10-8?. The number of allylic oxidation sites excluding steroid dienone is 1. The number of nitrogens with one attached hydrogen (secondary N) is 2. The van der Waals surface area contributed by atoms with Crippen molar-refractivity contribution in [3.8, 4) is 0 Å². The first-order valence-corrected chi connectivity index (χ1v) is 4.30. The van der Waals surface area contributed by atoms with Crippen LogP contribution in [0.5, 0.6) is 0 Å². The summed E-state index contributed by atoms with van der Waals surface area (Å²) in [7, 11) is 0. The molecule has 0 radical (unpaired) electrons. The summed E-state index contributed by atoms with van der Waals surface area (Å²) in [5, 5.41) is 10.5. The number of rotatable bonds is 2. The van der Waals surface area contributed by atoms with E-state index in [2.05, 4.69) is 5.32 Å². The van der Waals surface area contributed by atoms with Crippen LogP contribution < -0.4 is 5.32 Å². The Morgan fingerprint density at radius 3 is 2.92 bits per heavy atom. The summed E-state index contributed by atoms with van der Waals surface area (Å²) in [4.78, 5) is 11.3. The van der Waals surface area contributed by atoms with Crippen molar-refractivity contribution in [2.24, 2.45) is 0 Å². The van der Waals surface area contributed by atoms with Crippen molar-refractivity contribution in [1.82, 2.24) is 5.32 Å². The third-order valence-electron chi connectivity index (χ3n) is 1.91. The fraction of sp³-hybridized carbons (Fsp3) is 0.556. The molecule has 0 aromatic carbocycles. The van der Waals surface area contributed by atoms with Gasteiger partial charge in [-0.15, -0.1) is 0 Å². The van der Waals surface area contributed by atoms with Crippen molar-refractivity contribution >= 4 is 11.5 Å². The van der Waals surface area contributed by atoms with Crippen LogP contribution >= 0.6 is 0 Å². The minimum absolute atomic E-state index is 0.104. The van der Waals surface area contributed by atoms with Gasteiger partial charge in [0.15, 0.2) is 5.78 Å². The van der Waals surface area contributed by atoms with Gasteiger partial charge in [0.25, 0.3) is 0 Å². The fourth-order valence-corrected chi connectivity index (χ4v) is 1.24. The van der Waals surface area contributed by atoms with E-state index in [1.165, 1.54) is 0 Å². The van der Waals surface area contributed by atoms with E-state index < -0.39 is 0 Å². The van der Waals surface area contributed by atoms with Gasteiger partial charge in [-0.05, 0) is 19.8 Å². The van der Waals surface area contributed by atoms with Gasteiger partial charge in [0.05, 0.1) is 5.57 Å². The van der Waals surface area contributed by atoms with Crippen LogP contribution in [0.15, 0.2) is 11.8 Å². The first kappa shape index (κ1) is 8.97. The molecule has 0 bridgehead atoms. The van der Waals surface area contributed by atoms with Gasteiger partial charge in [0.1, 0.15) is 0 Å². The molecule has 0 aromatic rings. The molecule has 2 N–H and O–H groups in total. The average Bonchev–Trinajstić information content (AvgIpc) is 2.04. The molecule has 1 rings (SSSR count). The highest BCUT2D eigenvalue weighted by Gasteiger charge is 2.19. The Labute approximate surface area is 72.4 Å². The molecule has 1 fully saturated rings. The molecular weight excluding hydrogens is 152 g/mol. The third-order valence-corrected chi connectivity index (χ3v) is 1.91. The van der Waals surface area contributed by atoms with Gasteiger partial charge in [0.2, 0.25) is 0 Å². The molecule has 0 heterocycles. The van der Waals surface area contributed by atoms with Crippen molar-refractivity contribution in [2.75, 3.05) is 6.54 Å². The lowest BCUT2D eigenvalue weighted by Gasteiger charge is -2.13. The van der Waals surface area contributed by atoms with Gasteiger partial charge in [-0.3, -0.25) is 4.79 Å². The van der Waals surface area contributed by atoms with E-state index in [0.29, 0.717) is 17.7 Å². The fourth-order valence-electron chi connectivity index (χ4n) is 1.24. The molecule has 0 atom stereocenters.